The molecule has 138 valence electrons. The van der Waals surface area contributed by atoms with E-state index in [0.717, 1.165) is 32.5 Å². The van der Waals surface area contributed by atoms with E-state index in [1.807, 2.05) is 13.8 Å². The van der Waals surface area contributed by atoms with E-state index in [1.54, 1.807) is 26.4 Å². The van der Waals surface area contributed by atoms with Gasteiger partial charge in [0.15, 0.2) is 5.11 Å². The summed E-state index contributed by atoms with van der Waals surface area (Å²) in [6, 6.07) is 3.46. The molecule has 24 heavy (non-hydrogen) atoms. The van der Waals surface area contributed by atoms with Crippen molar-refractivity contribution in [3.05, 3.63) is 17.2 Å². The third kappa shape index (κ3) is 8.57. The fourth-order valence-corrected chi connectivity index (χ4v) is 2.28. The van der Waals surface area contributed by atoms with Gasteiger partial charge in [0.2, 0.25) is 0 Å². The summed E-state index contributed by atoms with van der Waals surface area (Å²) in [6.07, 6.45) is 2.15. The SMILES string of the molecule is CC.CCCNCCCNC(=S)Nc1cc(OC)c(Cl)cc1OC. The van der Waals surface area contributed by atoms with Gasteiger partial charge in [0.1, 0.15) is 11.5 Å². The van der Waals surface area contributed by atoms with Crippen molar-refractivity contribution in [2.24, 2.45) is 0 Å². The van der Waals surface area contributed by atoms with Crippen LogP contribution in [0.3, 0.4) is 0 Å². The molecule has 1 aromatic rings. The minimum Gasteiger partial charge on any atom is -0.495 e. The Morgan fingerprint density at radius 2 is 1.75 bits per heavy atom. The zero-order valence-electron chi connectivity index (χ0n) is 15.3. The highest BCUT2D eigenvalue weighted by molar-refractivity contribution is 7.80. The lowest BCUT2D eigenvalue weighted by Crippen LogP contribution is -2.31. The maximum absolute atomic E-state index is 6.07. The van der Waals surface area contributed by atoms with Crippen molar-refractivity contribution in [1.82, 2.24) is 10.6 Å². The number of ether oxygens (including phenoxy) is 2. The summed E-state index contributed by atoms with van der Waals surface area (Å²) >= 11 is 11.4. The average molecular weight is 376 g/mol. The first kappa shape index (κ1) is 22.8. The predicted octanol–water partition coefficient (Wildman–Crippen LogP) is 4.06. The topological polar surface area (TPSA) is 54.5 Å². The molecule has 0 fully saturated rings. The number of rotatable bonds is 9. The highest BCUT2D eigenvalue weighted by atomic mass is 35.5. The Morgan fingerprint density at radius 3 is 2.33 bits per heavy atom. The molecule has 5 nitrogen and oxygen atoms in total. The molecule has 0 unspecified atom stereocenters. The van der Waals surface area contributed by atoms with Gasteiger partial charge >= 0.3 is 0 Å². The second-order valence-corrected chi connectivity index (χ2v) is 5.49. The molecule has 0 saturated heterocycles. The fourth-order valence-electron chi connectivity index (χ4n) is 1.84. The monoisotopic (exact) mass is 375 g/mol. The Kier molecular flexibility index (Phi) is 13.4. The number of halogens is 1. The van der Waals surface area contributed by atoms with Crippen molar-refractivity contribution in [2.75, 3.05) is 39.2 Å². The summed E-state index contributed by atoms with van der Waals surface area (Å²) in [7, 11) is 3.15. The molecule has 0 aliphatic heterocycles. The number of nitrogens with one attached hydrogen (secondary N) is 3. The van der Waals surface area contributed by atoms with Crippen molar-refractivity contribution < 1.29 is 9.47 Å². The van der Waals surface area contributed by atoms with Gasteiger partial charge in [-0.05, 0) is 38.1 Å². The number of hydrogen-bond acceptors (Lipinski definition) is 4. The highest BCUT2D eigenvalue weighted by Gasteiger charge is 2.10. The first-order chi connectivity index (χ1) is 11.6. The van der Waals surface area contributed by atoms with Crippen LogP contribution in [0.1, 0.15) is 33.6 Å². The van der Waals surface area contributed by atoms with E-state index >= 15 is 0 Å². The molecule has 0 aromatic heterocycles. The maximum atomic E-state index is 6.07. The molecule has 0 atom stereocenters. The third-order valence-electron chi connectivity index (χ3n) is 2.96. The van der Waals surface area contributed by atoms with Crippen LogP contribution in [0.15, 0.2) is 12.1 Å². The van der Waals surface area contributed by atoms with Gasteiger partial charge in [-0.3, -0.25) is 0 Å². The lowest BCUT2D eigenvalue weighted by molar-refractivity contribution is 0.405. The Morgan fingerprint density at radius 1 is 1.08 bits per heavy atom. The Labute approximate surface area is 156 Å². The summed E-state index contributed by atoms with van der Waals surface area (Å²) in [5.41, 5.74) is 0.713. The van der Waals surface area contributed by atoms with Gasteiger partial charge in [0, 0.05) is 18.7 Å². The second kappa shape index (κ2) is 14.1. The summed E-state index contributed by atoms with van der Waals surface area (Å²) < 4.78 is 10.5. The first-order valence-corrected chi connectivity index (χ1v) is 9.08. The van der Waals surface area contributed by atoms with Crippen molar-refractivity contribution >= 4 is 34.6 Å². The van der Waals surface area contributed by atoms with E-state index in [2.05, 4.69) is 22.9 Å². The minimum atomic E-state index is 0.491. The lowest BCUT2D eigenvalue weighted by atomic mass is 10.2. The number of anilines is 1. The molecule has 3 N–H and O–H groups in total. The number of benzene rings is 1. The molecule has 1 rings (SSSR count). The van der Waals surface area contributed by atoms with E-state index in [1.165, 1.54) is 0 Å². The molecule has 0 aliphatic carbocycles. The van der Waals surface area contributed by atoms with Crippen LogP contribution in [0.25, 0.3) is 0 Å². The van der Waals surface area contributed by atoms with Gasteiger partial charge in [-0.25, -0.2) is 0 Å². The van der Waals surface area contributed by atoms with Crippen molar-refractivity contribution in [3.63, 3.8) is 0 Å². The summed E-state index contributed by atoms with van der Waals surface area (Å²) in [5, 5.41) is 10.6. The van der Waals surface area contributed by atoms with Gasteiger partial charge in [-0.1, -0.05) is 32.4 Å². The number of hydrogen-bond donors (Lipinski definition) is 3. The molecule has 7 heteroatoms. The summed E-state index contributed by atoms with van der Waals surface area (Å²) in [4.78, 5) is 0. The molecular weight excluding hydrogens is 346 g/mol. The molecule has 0 amide bonds. The van der Waals surface area contributed by atoms with E-state index in [4.69, 9.17) is 33.3 Å². The smallest absolute Gasteiger partial charge is 0.170 e. The molecule has 0 aliphatic rings. The van der Waals surface area contributed by atoms with E-state index in [0.29, 0.717) is 27.3 Å². The summed E-state index contributed by atoms with van der Waals surface area (Å²) in [5.74, 6) is 1.18. The lowest BCUT2D eigenvalue weighted by Gasteiger charge is -2.15. The molecule has 0 radical (unpaired) electrons. The van der Waals surface area contributed by atoms with Crippen LogP contribution in [0.2, 0.25) is 5.02 Å². The van der Waals surface area contributed by atoms with Crippen LogP contribution in [0.4, 0.5) is 5.69 Å². The van der Waals surface area contributed by atoms with Gasteiger partial charge < -0.3 is 25.4 Å². The largest absolute Gasteiger partial charge is 0.495 e. The third-order valence-corrected chi connectivity index (χ3v) is 3.51. The van der Waals surface area contributed by atoms with Gasteiger partial charge in [-0.2, -0.15) is 0 Å². The number of thiocarbonyl (C=S) groups is 1. The summed E-state index contributed by atoms with van der Waals surface area (Å²) in [6.45, 7) is 8.97. The maximum Gasteiger partial charge on any atom is 0.170 e. The Hall–Kier alpha value is -1.24. The van der Waals surface area contributed by atoms with Crippen molar-refractivity contribution in [2.45, 2.75) is 33.6 Å². The molecule has 0 spiro atoms. The molecule has 0 bridgehead atoms. The van der Waals surface area contributed by atoms with E-state index < -0.39 is 0 Å². The normalized spacial score (nSPS) is 9.58. The molecular formula is C17H30ClN3O2S. The van der Waals surface area contributed by atoms with E-state index in [9.17, 15) is 0 Å². The van der Waals surface area contributed by atoms with Crippen molar-refractivity contribution in [3.8, 4) is 11.5 Å². The second-order valence-electron chi connectivity index (χ2n) is 4.67. The van der Waals surface area contributed by atoms with Crippen LogP contribution < -0.4 is 25.4 Å². The zero-order chi connectivity index (χ0) is 18.4. The highest BCUT2D eigenvalue weighted by Crippen LogP contribution is 2.35. The first-order valence-electron chi connectivity index (χ1n) is 8.29. The minimum absolute atomic E-state index is 0.491. The van der Waals surface area contributed by atoms with Crippen LogP contribution in [0.5, 0.6) is 11.5 Å². The predicted molar refractivity (Wildman–Crippen MR) is 108 cm³/mol. The van der Waals surface area contributed by atoms with Crippen LogP contribution in [0, 0.1) is 0 Å². The quantitative estimate of drug-likeness (QED) is 0.447. The zero-order valence-corrected chi connectivity index (χ0v) is 16.9. The van der Waals surface area contributed by atoms with Gasteiger partial charge in [-0.15, -0.1) is 0 Å². The van der Waals surface area contributed by atoms with E-state index in [-0.39, 0.29) is 0 Å². The number of methoxy groups -OCH3 is 2. The standard InChI is InChI=1S/C15H24ClN3O2S.C2H6/c1-4-6-17-7-5-8-18-15(22)19-12-10-13(20-2)11(16)9-14(12)21-3;1-2/h9-10,17H,4-8H2,1-3H3,(H2,18,19,22);1-2H3. The van der Waals surface area contributed by atoms with Crippen molar-refractivity contribution in [1.29, 1.82) is 0 Å². The fraction of sp³-hybridized carbons (Fsp3) is 0.588. The van der Waals surface area contributed by atoms with Gasteiger partial charge in [0.05, 0.1) is 24.9 Å². The average Bonchev–Trinajstić information content (AvgIpc) is 2.60. The van der Waals surface area contributed by atoms with Crippen LogP contribution in [-0.2, 0) is 0 Å². The molecule has 1 aromatic carbocycles. The molecule has 0 heterocycles. The molecule has 0 saturated carbocycles. The van der Waals surface area contributed by atoms with Crippen LogP contribution in [-0.4, -0.2) is 39.0 Å². The van der Waals surface area contributed by atoms with Gasteiger partial charge in [0.25, 0.3) is 0 Å². The Balaban J connectivity index is 0.00000254. The van der Waals surface area contributed by atoms with Crippen LogP contribution >= 0.6 is 23.8 Å². The Bertz CT molecular complexity index is 487.